The minimum atomic E-state index is -0.307. The second-order valence-corrected chi connectivity index (χ2v) is 7.97. The molecule has 0 radical (unpaired) electrons. The highest BCUT2D eigenvalue weighted by Crippen LogP contribution is 2.36. The predicted molar refractivity (Wildman–Crippen MR) is 108 cm³/mol. The lowest BCUT2D eigenvalue weighted by molar-refractivity contribution is -0.116. The number of hydrogen-bond donors (Lipinski definition) is 1. The molecular formula is C20H25N3O3S. The van der Waals surface area contributed by atoms with Crippen LogP contribution in [0.5, 0.6) is 5.75 Å². The highest BCUT2D eigenvalue weighted by Gasteiger charge is 2.32. The van der Waals surface area contributed by atoms with Crippen molar-refractivity contribution >= 4 is 23.5 Å². The Hall–Kier alpha value is -2.28. The molecule has 0 fully saturated rings. The summed E-state index contributed by atoms with van der Waals surface area (Å²) in [5.74, 6) is 1.79. The molecule has 1 aliphatic heterocycles. The molecule has 7 heteroatoms. The number of aromatic nitrogens is 2. The van der Waals surface area contributed by atoms with Crippen LogP contribution in [0.25, 0.3) is 0 Å². The maximum absolute atomic E-state index is 12.8. The van der Waals surface area contributed by atoms with Gasteiger partial charge in [-0.1, -0.05) is 30.8 Å². The van der Waals surface area contributed by atoms with Crippen LogP contribution in [0.1, 0.15) is 50.7 Å². The van der Waals surface area contributed by atoms with E-state index in [2.05, 4.69) is 17.2 Å². The molecule has 2 heterocycles. The Bertz CT molecular complexity index is 891. The normalized spacial score (nSPS) is 16.2. The van der Waals surface area contributed by atoms with E-state index in [0.29, 0.717) is 16.5 Å². The average molecular weight is 388 g/mol. The first-order chi connectivity index (χ1) is 12.9. The molecule has 0 saturated carbocycles. The largest absolute Gasteiger partial charge is 0.491 e. The van der Waals surface area contributed by atoms with Gasteiger partial charge in [-0.3, -0.25) is 9.59 Å². The third kappa shape index (κ3) is 4.18. The van der Waals surface area contributed by atoms with E-state index in [1.807, 2.05) is 49.7 Å². The summed E-state index contributed by atoms with van der Waals surface area (Å²) in [6.45, 7) is 6.02. The molecule has 1 atom stereocenters. The van der Waals surface area contributed by atoms with Crippen LogP contribution in [0, 0.1) is 0 Å². The van der Waals surface area contributed by atoms with Gasteiger partial charge in [-0.2, -0.15) is 4.98 Å². The van der Waals surface area contributed by atoms with Gasteiger partial charge in [0.15, 0.2) is 5.16 Å². The molecule has 0 spiro atoms. The van der Waals surface area contributed by atoms with Crippen molar-refractivity contribution in [3.05, 3.63) is 45.7 Å². The monoisotopic (exact) mass is 387 g/mol. The number of thioether (sulfide) groups is 1. The topological polar surface area (TPSA) is 73.2 Å². The Morgan fingerprint density at radius 2 is 2.00 bits per heavy atom. The number of nitrogens with zero attached hydrogens (tertiary/aromatic N) is 2. The molecule has 0 saturated heterocycles. The maximum Gasteiger partial charge on any atom is 0.279 e. The quantitative estimate of drug-likeness (QED) is 0.606. The van der Waals surface area contributed by atoms with E-state index >= 15 is 0 Å². The number of fused-ring (bicyclic) bond motifs is 1. The summed E-state index contributed by atoms with van der Waals surface area (Å²) in [4.78, 5) is 29.4. The number of rotatable bonds is 6. The van der Waals surface area contributed by atoms with Crippen molar-refractivity contribution in [2.45, 2.75) is 50.8 Å². The first-order valence-corrected chi connectivity index (χ1v) is 10.2. The summed E-state index contributed by atoms with van der Waals surface area (Å²) in [6, 6.07) is 7.60. The van der Waals surface area contributed by atoms with Crippen LogP contribution in [-0.4, -0.2) is 27.3 Å². The molecule has 1 N–H and O–H groups in total. The average Bonchev–Trinajstić information content (AvgIpc) is 2.63. The van der Waals surface area contributed by atoms with E-state index in [9.17, 15) is 9.59 Å². The van der Waals surface area contributed by atoms with Crippen molar-refractivity contribution in [1.82, 2.24) is 9.55 Å². The Labute approximate surface area is 163 Å². The molecule has 0 bridgehead atoms. The van der Waals surface area contributed by atoms with E-state index in [0.717, 1.165) is 23.5 Å². The smallest absolute Gasteiger partial charge is 0.279 e. The van der Waals surface area contributed by atoms with Crippen molar-refractivity contribution in [3.63, 3.8) is 0 Å². The molecule has 27 heavy (non-hydrogen) atoms. The SMILES string of the molecule is CCCSc1nc(=O)c2c(n1C)NC(=O)C[C@@H]2c1ccc(OC(C)C)cc1. The van der Waals surface area contributed by atoms with Gasteiger partial charge in [0.05, 0.1) is 11.7 Å². The molecule has 144 valence electrons. The minimum absolute atomic E-state index is 0.0903. The fraction of sp³-hybridized carbons (Fsp3) is 0.450. The maximum atomic E-state index is 12.8. The molecule has 1 amide bonds. The van der Waals surface area contributed by atoms with Gasteiger partial charge in [0.2, 0.25) is 5.91 Å². The van der Waals surface area contributed by atoms with Crippen LogP contribution in [0.2, 0.25) is 0 Å². The molecule has 2 aromatic rings. The van der Waals surface area contributed by atoms with Gasteiger partial charge in [-0.25, -0.2) is 0 Å². The number of amides is 1. The third-order valence-electron chi connectivity index (χ3n) is 4.39. The number of carbonyl (C=O) groups excluding carboxylic acids is 1. The van der Waals surface area contributed by atoms with Crippen LogP contribution >= 0.6 is 11.8 Å². The molecule has 1 aromatic carbocycles. The first-order valence-electron chi connectivity index (χ1n) is 9.20. The number of nitrogens with one attached hydrogen (secondary N) is 1. The molecule has 6 nitrogen and oxygen atoms in total. The number of carbonyl (C=O) groups is 1. The Morgan fingerprint density at radius 3 is 2.63 bits per heavy atom. The number of ether oxygens (including phenoxy) is 1. The Balaban J connectivity index is 2.02. The minimum Gasteiger partial charge on any atom is -0.491 e. The van der Waals surface area contributed by atoms with Crippen molar-refractivity contribution in [3.8, 4) is 5.75 Å². The van der Waals surface area contributed by atoms with Crippen molar-refractivity contribution in [2.75, 3.05) is 11.1 Å². The van der Waals surface area contributed by atoms with Crippen LogP contribution < -0.4 is 15.6 Å². The van der Waals surface area contributed by atoms with Gasteiger partial charge in [0.1, 0.15) is 11.6 Å². The number of anilines is 1. The van der Waals surface area contributed by atoms with Crippen LogP contribution in [-0.2, 0) is 11.8 Å². The van der Waals surface area contributed by atoms with E-state index in [4.69, 9.17) is 4.74 Å². The Kier molecular flexibility index (Phi) is 5.89. The summed E-state index contributed by atoms with van der Waals surface area (Å²) in [6.07, 6.45) is 1.31. The lowest BCUT2D eigenvalue weighted by Gasteiger charge is -2.27. The van der Waals surface area contributed by atoms with E-state index < -0.39 is 0 Å². The molecular weight excluding hydrogens is 362 g/mol. The summed E-state index contributed by atoms with van der Waals surface area (Å²) in [7, 11) is 1.84. The zero-order valence-corrected chi connectivity index (χ0v) is 16.9. The Morgan fingerprint density at radius 1 is 1.30 bits per heavy atom. The zero-order chi connectivity index (χ0) is 19.6. The summed E-state index contributed by atoms with van der Waals surface area (Å²) >= 11 is 1.52. The number of benzene rings is 1. The van der Waals surface area contributed by atoms with E-state index in [1.165, 1.54) is 11.8 Å². The molecule has 3 rings (SSSR count). The van der Waals surface area contributed by atoms with Gasteiger partial charge in [-0.15, -0.1) is 0 Å². The molecule has 1 aliphatic rings. The fourth-order valence-electron chi connectivity index (χ4n) is 3.19. The number of hydrogen-bond acceptors (Lipinski definition) is 5. The molecule has 0 unspecified atom stereocenters. The lowest BCUT2D eigenvalue weighted by atomic mass is 9.87. The lowest BCUT2D eigenvalue weighted by Crippen LogP contribution is -2.33. The third-order valence-corrected chi connectivity index (χ3v) is 5.63. The summed E-state index contributed by atoms with van der Waals surface area (Å²) in [5.41, 5.74) is 1.19. The van der Waals surface area contributed by atoms with E-state index in [-0.39, 0.29) is 29.9 Å². The van der Waals surface area contributed by atoms with Gasteiger partial charge >= 0.3 is 0 Å². The highest BCUT2D eigenvalue weighted by atomic mass is 32.2. The van der Waals surface area contributed by atoms with Crippen LogP contribution in [0.4, 0.5) is 5.82 Å². The van der Waals surface area contributed by atoms with Crippen LogP contribution in [0.3, 0.4) is 0 Å². The summed E-state index contributed by atoms with van der Waals surface area (Å²) in [5, 5.41) is 3.50. The van der Waals surface area contributed by atoms with Gasteiger partial charge in [0.25, 0.3) is 5.56 Å². The van der Waals surface area contributed by atoms with Gasteiger partial charge < -0.3 is 14.6 Å². The van der Waals surface area contributed by atoms with E-state index in [1.54, 1.807) is 0 Å². The van der Waals surface area contributed by atoms with Gasteiger partial charge in [0, 0.05) is 25.1 Å². The van der Waals surface area contributed by atoms with Crippen molar-refractivity contribution < 1.29 is 9.53 Å². The second-order valence-electron chi connectivity index (χ2n) is 6.91. The predicted octanol–water partition coefficient (Wildman–Crippen LogP) is 3.54. The zero-order valence-electron chi connectivity index (χ0n) is 16.1. The van der Waals surface area contributed by atoms with Crippen LogP contribution in [0.15, 0.2) is 34.2 Å². The second kappa shape index (κ2) is 8.17. The molecule has 1 aromatic heterocycles. The van der Waals surface area contributed by atoms with Gasteiger partial charge in [-0.05, 0) is 38.0 Å². The fourth-order valence-corrected chi connectivity index (χ4v) is 4.01. The standard InChI is InChI=1S/C20H25N3O3S/c1-5-10-27-20-22-19(25)17-15(11-16(24)21-18(17)23(20)4)13-6-8-14(9-7-13)26-12(2)3/h6-9,12,15H,5,10-11H2,1-4H3,(H,21,24)/t15-/m1/s1. The first kappa shape index (κ1) is 19.5. The van der Waals surface area contributed by atoms with Crippen molar-refractivity contribution in [1.29, 1.82) is 0 Å². The molecule has 0 aliphatic carbocycles. The summed E-state index contributed by atoms with van der Waals surface area (Å²) < 4.78 is 7.50. The highest BCUT2D eigenvalue weighted by molar-refractivity contribution is 7.99. The van der Waals surface area contributed by atoms with Crippen molar-refractivity contribution in [2.24, 2.45) is 7.05 Å².